The van der Waals surface area contributed by atoms with Gasteiger partial charge in [-0.05, 0) is 37.1 Å². The van der Waals surface area contributed by atoms with Crippen molar-refractivity contribution < 1.29 is 14.3 Å². The van der Waals surface area contributed by atoms with Crippen molar-refractivity contribution in [2.24, 2.45) is 0 Å². The number of carbonyl (C=O) groups is 2. The number of hydrogen-bond acceptors (Lipinski definition) is 3. The Labute approximate surface area is 131 Å². The van der Waals surface area contributed by atoms with Crippen LogP contribution in [0, 0.1) is 0 Å². The van der Waals surface area contributed by atoms with E-state index in [1.165, 1.54) is 26.2 Å². The number of ether oxygens (including phenoxy) is 1. The van der Waals surface area contributed by atoms with E-state index in [0.717, 1.165) is 12.8 Å². The number of hydrogen-bond donors (Lipinski definition) is 1. The third kappa shape index (κ3) is 4.76. The molecule has 0 bridgehead atoms. The van der Waals surface area contributed by atoms with Crippen LogP contribution in [-0.4, -0.2) is 36.4 Å². The first-order valence-corrected chi connectivity index (χ1v) is 7.82. The Morgan fingerprint density at radius 3 is 2.41 bits per heavy atom. The lowest BCUT2D eigenvalue weighted by molar-refractivity contribution is -0.134. The van der Waals surface area contributed by atoms with Crippen LogP contribution in [0.1, 0.15) is 39.0 Å². The van der Waals surface area contributed by atoms with Crippen LogP contribution in [0.4, 0.5) is 5.69 Å². The molecule has 22 heavy (non-hydrogen) atoms. The van der Waals surface area contributed by atoms with E-state index in [0.29, 0.717) is 17.5 Å². The molecular formula is C17H24N2O3. The predicted octanol–water partition coefficient (Wildman–Crippen LogP) is 2.81. The summed E-state index contributed by atoms with van der Waals surface area (Å²) in [5.74, 6) is 0.523. The maximum Gasteiger partial charge on any atom is 0.260 e. The summed E-state index contributed by atoms with van der Waals surface area (Å²) in [5.41, 5.74) is 0.713. The lowest BCUT2D eigenvalue weighted by Crippen LogP contribution is -2.40. The monoisotopic (exact) mass is 304 g/mol. The summed E-state index contributed by atoms with van der Waals surface area (Å²) in [5, 5.41) is 2.69. The Bertz CT molecular complexity index is 507. The van der Waals surface area contributed by atoms with Crippen molar-refractivity contribution in [1.29, 1.82) is 0 Å². The van der Waals surface area contributed by atoms with Crippen LogP contribution >= 0.6 is 0 Å². The fourth-order valence-corrected chi connectivity index (χ4v) is 2.76. The molecule has 1 fully saturated rings. The van der Waals surface area contributed by atoms with Crippen LogP contribution in [-0.2, 0) is 9.59 Å². The molecule has 0 spiro atoms. The number of carbonyl (C=O) groups excluding carboxylic acids is 2. The van der Waals surface area contributed by atoms with Crippen LogP contribution in [0.3, 0.4) is 0 Å². The van der Waals surface area contributed by atoms with E-state index >= 15 is 0 Å². The molecule has 1 aromatic carbocycles. The molecule has 0 heterocycles. The number of nitrogens with zero attached hydrogens (tertiary/aromatic N) is 1. The van der Waals surface area contributed by atoms with Crippen LogP contribution in [0.5, 0.6) is 5.75 Å². The molecule has 1 N–H and O–H groups in total. The Hall–Kier alpha value is -2.04. The summed E-state index contributed by atoms with van der Waals surface area (Å²) in [7, 11) is 1.86. The molecule has 1 aliphatic rings. The van der Waals surface area contributed by atoms with Gasteiger partial charge in [0, 0.05) is 25.7 Å². The summed E-state index contributed by atoms with van der Waals surface area (Å²) in [4.78, 5) is 24.9. The van der Waals surface area contributed by atoms with Crippen molar-refractivity contribution in [1.82, 2.24) is 4.90 Å². The lowest BCUT2D eigenvalue weighted by Gasteiger charge is -2.31. The molecule has 1 aliphatic carbocycles. The predicted molar refractivity (Wildman–Crippen MR) is 85.9 cm³/mol. The summed E-state index contributed by atoms with van der Waals surface area (Å²) in [6.07, 6.45) is 5.86. The van der Waals surface area contributed by atoms with E-state index in [1.807, 2.05) is 11.9 Å². The average Bonchev–Trinajstić information content (AvgIpc) is 2.53. The molecule has 0 atom stereocenters. The highest BCUT2D eigenvalue weighted by atomic mass is 16.5. The number of nitrogens with one attached hydrogen (secondary N) is 1. The average molecular weight is 304 g/mol. The normalized spacial score (nSPS) is 15.2. The molecule has 120 valence electrons. The van der Waals surface area contributed by atoms with Gasteiger partial charge in [0.15, 0.2) is 6.61 Å². The van der Waals surface area contributed by atoms with Gasteiger partial charge >= 0.3 is 0 Å². The summed E-state index contributed by atoms with van der Waals surface area (Å²) >= 11 is 0. The molecule has 0 aliphatic heterocycles. The van der Waals surface area contributed by atoms with Gasteiger partial charge in [-0.15, -0.1) is 0 Å². The zero-order valence-electron chi connectivity index (χ0n) is 13.3. The smallest absolute Gasteiger partial charge is 0.260 e. The largest absolute Gasteiger partial charge is 0.484 e. The van der Waals surface area contributed by atoms with Gasteiger partial charge in [0.1, 0.15) is 5.75 Å². The van der Waals surface area contributed by atoms with Crippen LogP contribution in [0.2, 0.25) is 0 Å². The zero-order chi connectivity index (χ0) is 15.9. The second kappa shape index (κ2) is 7.82. The van der Waals surface area contributed by atoms with Gasteiger partial charge in [-0.25, -0.2) is 0 Å². The first kappa shape index (κ1) is 16.3. The first-order valence-electron chi connectivity index (χ1n) is 7.82. The maximum atomic E-state index is 12.2. The number of amides is 2. The highest BCUT2D eigenvalue weighted by Crippen LogP contribution is 2.22. The number of benzene rings is 1. The third-order valence-electron chi connectivity index (χ3n) is 4.05. The molecule has 0 radical (unpaired) electrons. The van der Waals surface area contributed by atoms with Crippen molar-refractivity contribution in [3.8, 4) is 5.75 Å². The molecule has 0 unspecified atom stereocenters. The molecule has 5 heteroatoms. The molecule has 0 saturated heterocycles. The standard InChI is InChI=1S/C17H24N2O3/c1-13(20)18-14-8-10-16(11-9-14)22-12-17(21)19(2)15-6-4-3-5-7-15/h8-11,15H,3-7,12H2,1-2H3,(H,18,20). The van der Waals surface area contributed by atoms with E-state index in [4.69, 9.17) is 4.74 Å². The van der Waals surface area contributed by atoms with Gasteiger partial charge in [-0.1, -0.05) is 19.3 Å². The minimum Gasteiger partial charge on any atom is -0.484 e. The maximum absolute atomic E-state index is 12.2. The molecule has 2 amide bonds. The van der Waals surface area contributed by atoms with Gasteiger partial charge in [-0.3, -0.25) is 9.59 Å². The van der Waals surface area contributed by atoms with Gasteiger partial charge in [0.2, 0.25) is 5.91 Å². The second-order valence-corrected chi connectivity index (χ2v) is 5.79. The Morgan fingerprint density at radius 1 is 1.18 bits per heavy atom. The highest BCUT2D eigenvalue weighted by molar-refractivity contribution is 5.88. The molecule has 2 rings (SSSR count). The minimum absolute atomic E-state index is 0.0119. The quantitative estimate of drug-likeness (QED) is 0.910. The number of rotatable bonds is 5. The van der Waals surface area contributed by atoms with E-state index in [9.17, 15) is 9.59 Å². The fourth-order valence-electron chi connectivity index (χ4n) is 2.76. The Morgan fingerprint density at radius 2 is 1.82 bits per heavy atom. The molecular weight excluding hydrogens is 280 g/mol. The Balaban J connectivity index is 1.81. The fraction of sp³-hybridized carbons (Fsp3) is 0.529. The van der Waals surface area contributed by atoms with Crippen molar-refractivity contribution in [2.45, 2.75) is 45.1 Å². The third-order valence-corrected chi connectivity index (χ3v) is 4.05. The van der Waals surface area contributed by atoms with E-state index in [1.54, 1.807) is 24.3 Å². The van der Waals surface area contributed by atoms with Gasteiger partial charge in [-0.2, -0.15) is 0 Å². The molecule has 1 saturated carbocycles. The topological polar surface area (TPSA) is 58.6 Å². The van der Waals surface area contributed by atoms with Crippen LogP contribution in [0.25, 0.3) is 0 Å². The number of likely N-dealkylation sites (N-methyl/N-ethyl adjacent to an activating group) is 1. The highest BCUT2D eigenvalue weighted by Gasteiger charge is 2.22. The van der Waals surface area contributed by atoms with E-state index in [-0.39, 0.29) is 18.4 Å². The molecule has 1 aromatic rings. The van der Waals surface area contributed by atoms with Gasteiger partial charge in [0.05, 0.1) is 0 Å². The van der Waals surface area contributed by atoms with Crippen LogP contribution in [0.15, 0.2) is 24.3 Å². The van der Waals surface area contributed by atoms with Crippen molar-refractivity contribution in [3.05, 3.63) is 24.3 Å². The minimum atomic E-state index is -0.113. The molecule has 0 aromatic heterocycles. The number of anilines is 1. The summed E-state index contributed by atoms with van der Waals surface area (Å²) < 4.78 is 5.54. The zero-order valence-corrected chi connectivity index (χ0v) is 13.3. The van der Waals surface area contributed by atoms with Gasteiger partial charge in [0.25, 0.3) is 5.91 Å². The van der Waals surface area contributed by atoms with Crippen molar-refractivity contribution in [2.75, 3.05) is 19.0 Å². The molecule has 5 nitrogen and oxygen atoms in total. The van der Waals surface area contributed by atoms with E-state index < -0.39 is 0 Å². The van der Waals surface area contributed by atoms with E-state index in [2.05, 4.69) is 5.32 Å². The van der Waals surface area contributed by atoms with Crippen molar-refractivity contribution in [3.63, 3.8) is 0 Å². The van der Waals surface area contributed by atoms with Crippen molar-refractivity contribution >= 4 is 17.5 Å². The SMILES string of the molecule is CC(=O)Nc1ccc(OCC(=O)N(C)C2CCCCC2)cc1. The Kier molecular flexibility index (Phi) is 5.81. The first-order chi connectivity index (χ1) is 10.6. The lowest BCUT2D eigenvalue weighted by atomic mass is 9.94. The summed E-state index contributed by atoms with van der Waals surface area (Å²) in [6, 6.07) is 7.36. The van der Waals surface area contributed by atoms with Crippen LogP contribution < -0.4 is 10.1 Å². The second-order valence-electron chi connectivity index (χ2n) is 5.79. The summed E-state index contributed by atoms with van der Waals surface area (Å²) in [6.45, 7) is 1.51. The van der Waals surface area contributed by atoms with Gasteiger partial charge < -0.3 is 15.0 Å².